The predicted octanol–water partition coefficient (Wildman–Crippen LogP) is 0.149. The fourth-order valence-electron chi connectivity index (χ4n) is 1.76. The summed E-state index contributed by atoms with van der Waals surface area (Å²) in [6.45, 7) is 0. The van der Waals surface area contributed by atoms with Crippen LogP contribution in [0.3, 0.4) is 0 Å². The van der Waals surface area contributed by atoms with Crippen LogP contribution in [0.5, 0.6) is 0 Å². The number of nitrogens with zero attached hydrogens (tertiary/aromatic N) is 2. The SMILES string of the molecule is Cn1c[c]([La][RaH])c2cc([CH2][Rb])cnc21. The molecule has 0 amide bonds. The molecule has 0 radical (unpaired) electrons. The molecule has 0 atom stereocenters. The monoisotopic (exact) mass is 595 g/mol. The van der Waals surface area contributed by atoms with E-state index in [-0.39, 0.29) is 0 Å². The Labute approximate surface area is 156 Å². The van der Waals surface area contributed by atoms with Gasteiger partial charge in [-0.15, -0.1) is 0 Å². The zero-order chi connectivity index (χ0) is 10.1. The van der Waals surface area contributed by atoms with Crippen molar-refractivity contribution in [1.82, 2.24) is 9.55 Å². The molecule has 0 aliphatic rings. The van der Waals surface area contributed by atoms with Crippen LogP contribution in [0.15, 0.2) is 18.5 Å². The molecule has 2 nitrogen and oxygen atoms in total. The van der Waals surface area contributed by atoms with E-state index in [9.17, 15) is 0 Å². The molecule has 2 rings (SSSR count). The number of hydrogen-bond acceptors (Lipinski definition) is 1. The van der Waals surface area contributed by atoms with Crippen molar-refractivity contribution in [2.75, 3.05) is 0 Å². The van der Waals surface area contributed by atoms with E-state index in [1.54, 1.807) is 1.97 Å². The number of fused-ring (bicyclic) bond motifs is 1. The number of aryl methyl sites for hydroxylation is 1. The number of aromatic nitrogens is 2. The van der Waals surface area contributed by atoms with E-state index in [0.717, 1.165) is 88.2 Å². The first-order chi connectivity index (χ1) is 6.76. The van der Waals surface area contributed by atoms with Crippen molar-refractivity contribution in [1.29, 1.82) is 0 Å². The molecule has 0 aliphatic carbocycles. The van der Waals surface area contributed by atoms with Crippen LogP contribution in [0.2, 0.25) is 0 Å². The molecule has 0 N–H and O–H groups in total. The molecule has 0 aromatic carbocycles. The summed E-state index contributed by atoms with van der Waals surface area (Å²) < 4.78 is 5.25. The summed E-state index contributed by atoms with van der Waals surface area (Å²) >= 11 is 1.13. The zero-order valence-electron chi connectivity index (χ0n) is 8.91. The van der Waals surface area contributed by atoms with E-state index in [4.69, 9.17) is 0 Å². The van der Waals surface area contributed by atoms with E-state index < -0.39 is 19.9 Å². The van der Waals surface area contributed by atoms with Gasteiger partial charge in [-0.1, -0.05) is 0 Å². The van der Waals surface area contributed by atoms with E-state index in [1.807, 2.05) is 0 Å². The molecule has 2 heterocycles. The third-order valence-electron chi connectivity index (χ3n) is 2.62. The summed E-state index contributed by atoms with van der Waals surface area (Å²) in [7, 11) is 2.13. The fourth-order valence-corrected chi connectivity index (χ4v) is 19.3. The Morgan fingerprint density at radius 2 is 2.43 bits per heavy atom. The van der Waals surface area contributed by atoms with Crippen molar-refractivity contribution in [2.45, 2.75) is -0.511 Å². The molecular formula is C9H9LaN2RaRb. The molecule has 2 aromatic rings. The Morgan fingerprint density at radius 3 is 3.07 bits per heavy atom. The van der Waals surface area contributed by atoms with Gasteiger partial charge in [-0.05, 0) is 0 Å². The van der Waals surface area contributed by atoms with Crippen LogP contribution in [-0.4, -0.2) is 65.1 Å². The number of rotatable bonds is 2. The minimum absolute atomic E-state index is 0.432. The van der Waals surface area contributed by atoms with Crippen molar-refractivity contribution in [3.63, 3.8) is 0 Å². The van der Waals surface area contributed by atoms with Gasteiger partial charge in [0.05, 0.1) is 0 Å². The quantitative estimate of drug-likeness (QED) is 0.484. The van der Waals surface area contributed by atoms with E-state index in [1.165, 1.54) is 16.1 Å². The Bertz CT molecular complexity index is 469. The maximum atomic E-state index is 4.58. The average molecular weight is 596 g/mol. The predicted molar refractivity (Wildman–Crippen MR) is 51.2 cm³/mol. The summed E-state index contributed by atoms with van der Waals surface area (Å²) in [5, 5.41) is 1.50. The molecular weight excluding hydrogens is 586 g/mol. The Balaban J connectivity index is 2.71. The normalized spacial score (nSPS) is 10.4. The second kappa shape index (κ2) is 6.36. The van der Waals surface area contributed by atoms with Gasteiger partial charge in [0, 0.05) is 0 Å². The van der Waals surface area contributed by atoms with Crippen LogP contribution in [-0.2, 0) is 6.54 Å². The molecule has 0 saturated heterocycles. The third-order valence-corrected chi connectivity index (χ3v) is 26.6. The molecule has 0 bridgehead atoms. The molecule has 0 fully saturated rings. The second-order valence-corrected chi connectivity index (χ2v) is 26.3. The van der Waals surface area contributed by atoms with E-state index in [2.05, 4.69) is 35.1 Å². The number of hydrogen-bond donors (Lipinski definition) is 0. The van der Waals surface area contributed by atoms with Gasteiger partial charge in [0.2, 0.25) is 0 Å². The van der Waals surface area contributed by atoms with Crippen LogP contribution in [0.25, 0.3) is 11.0 Å². The van der Waals surface area contributed by atoms with Crippen LogP contribution in [0.1, 0.15) is 5.56 Å². The van der Waals surface area contributed by atoms with Gasteiger partial charge < -0.3 is 0 Å². The fraction of sp³-hybridized carbons (Fsp3) is 0.222. The van der Waals surface area contributed by atoms with Crippen molar-refractivity contribution < 1.29 is 52.6 Å². The van der Waals surface area contributed by atoms with Crippen molar-refractivity contribution in [3.05, 3.63) is 24.0 Å². The molecule has 0 saturated carbocycles. The molecule has 0 unspecified atom stereocenters. The molecule has 0 spiro atoms. The molecule has 5 heteroatoms. The van der Waals surface area contributed by atoms with Crippen LogP contribution in [0, 0.1) is 52.6 Å². The van der Waals surface area contributed by atoms with Gasteiger partial charge in [-0.2, -0.15) is 0 Å². The molecule has 61 valence electrons. The van der Waals surface area contributed by atoms with Gasteiger partial charge >= 0.3 is 161 Å². The summed E-state index contributed by atoms with van der Waals surface area (Å²) in [5.41, 5.74) is 2.68. The van der Waals surface area contributed by atoms with Gasteiger partial charge in [0.1, 0.15) is 0 Å². The maximum absolute atomic E-state index is 4.58. The molecule has 14 heavy (non-hydrogen) atoms. The first-order valence-electron chi connectivity index (χ1n) is 4.99. The van der Waals surface area contributed by atoms with Crippen molar-refractivity contribution >= 4 is 68.5 Å². The molecule has 0 aliphatic heterocycles. The minimum atomic E-state index is -0.432. The standard InChI is InChI=1S/C9H8N2.La.Ra.Rb.H/c1-7-5-8-3-4-11(2)9(8)10-6-7;;;;/h4-6H,1H2,2H3;;;;. The second-order valence-electron chi connectivity index (χ2n) is 3.55. The first kappa shape index (κ1) is 13.6. The Kier molecular flexibility index (Phi) is 6.17. The molecule has 2 aromatic heterocycles. The average Bonchev–Trinajstić information content (AvgIpc) is 2.55. The Morgan fingerprint density at radius 1 is 1.64 bits per heavy atom. The summed E-state index contributed by atoms with van der Waals surface area (Å²) in [4.78, 5) is 4.58. The van der Waals surface area contributed by atoms with Gasteiger partial charge in [0.25, 0.3) is 0 Å². The van der Waals surface area contributed by atoms with E-state index in [0.29, 0.717) is 0 Å². The van der Waals surface area contributed by atoms with Crippen LogP contribution < -0.4 is 1.97 Å². The zero-order valence-corrected chi connectivity index (χ0v) is 25.7. The number of pyridine rings is 1. The summed E-state index contributed by atoms with van der Waals surface area (Å²) in [6, 6.07) is 2.41. The van der Waals surface area contributed by atoms with E-state index >= 15 is 0 Å². The van der Waals surface area contributed by atoms with Crippen molar-refractivity contribution in [2.24, 2.45) is 7.05 Å². The first-order valence-corrected chi connectivity index (χ1v) is 48.5. The van der Waals surface area contributed by atoms with Gasteiger partial charge in [-0.25, -0.2) is 0 Å². The summed E-state index contributed by atoms with van der Waals surface area (Å²) in [6.07, 6.45) is 4.41. The van der Waals surface area contributed by atoms with Crippen molar-refractivity contribution in [3.8, 4) is 0 Å². The summed E-state index contributed by atoms with van der Waals surface area (Å²) in [5.74, 6) is 0. The van der Waals surface area contributed by atoms with Gasteiger partial charge in [-0.3, -0.25) is 0 Å². The van der Waals surface area contributed by atoms with Crippen LogP contribution in [0.4, 0.5) is 0 Å². The van der Waals surface area contributed by atoms with Crippen LogP contribution >= 0.6 is 0 Å². The third kappa shape index (κ3) is 2.94. The van der Waals surface area contributed by atoms with Gasteiger partial charge in [0.15, 0.2) is 0 Å². The Hall–Kier alpha value is 3.16. The topological polar surface area (TPSA) is 17.8 Å².